The zero-order chi connectivity index (χ0) is 11.3. The number of carbonyl (C=O) groups is 1. The minimum atomic E-state index is -0.825. The number of nitrogens with zero attached hydrogens (tertiary/aromatic N) is 1. The van der Waals surface area contributed by atoms with Crippen LogP contribution in [0.25, 0.3) is 0 Å². The molecule has 3 unspecified atom stereocenters. The monoisotopic (exact) mass is 222 g/mol. The van der Waals surface area contributed by atoms with Gasteiger partial charge in [-0.05, 0) is 6.08 Å². The van der Waals surface area contributed by atoms with Gasteiger partial charge in [0, 0.05) is 12.3 Å². The summed E-state index contributed by atoms with van der Waals surface area (Å²) >= 11 is 0. The fourth-order valence-corrected chi connectivity index (χ4v) is 1.82. The molecule has 1 saturated heterocycles. The van der Waals surface area contributed by atoms with Crippen LogP contribution in [0.15, 0.2) is 36.0 Å². The van der Waals surface area contributed by atoms with E-state index in [2.05, 4.69) is 5.43 Å². The van der Waals surface area contributed by atoms with Crippen LogP contribution in [0, 0.1) is 0 Å². The van der Waals surface area contributed by atoms with Gasteiger partial charge in [0.2, 0.25) is 0 Å². The van der Waals surface area contributed by atoms with E-state index in [0.29, 0.717) is 5.70 Å². The normalized spacial score (nSPS) is 36.2. The lowest BCUT2D eigenvalue weighted by atomic mass is 10.0. The quantitative estimate of drug-likeness (QED) is 0.509. The molecule has 3 atom stereocenters. The molecule has 0 amide bonds. The molecule has 16 heavy (non-hydrogen) atoms. The lowest BCUT2D eigenvalue weighted by molar-refractivity contribution is -0.116. The van der Waals surface area contributed by atoms with Crippen LogP contribution in [0.5, 0.6) is 0 Å². The van der Waals surface area contributed by atoms with Crippen molar-refractivity contribution < 1.29 is 19.7 Å². The molecule has 0 aromatic heterocycles. The zero-order valence-corrected chi connectivity index (χ0v) is 8.20. The summed E-state index contributed by atoms with van der Waals surface area (Å²) in [5.41, 5.74) is 3.15. The molecule has 0 aromatic rings. The van der Waals surface area contributed by atoms with E-state index in [1.54, 1.807) is 0 Å². The highest BCUT2D eigenvalue weighted by molar-refractivity contribution is 5.98. The number of allylic oxidation sites excluding steroid dienone is 1. The van der Waals surface area contributed by atoms with Gasteiger partial charge in [0.05, 0.1) is 11.9 Å². The first-order valence-electron chi connectivity index (χ1n) is 4.88. The van der Waals surface area contributed by atoms with Gasteiger partial charge in [0.15, 0.2) is 5.78 Å². The standard InChI is InChI=1S/C10H10N2O4/c13-5-1-2-12(11-4-5)6-3-7(14)9-10(16-9)8(6)15/h1-4,8-11,13,15H. The summed E-state index contributed by atoms with van der Waals surface area (Å²) in [6, 6.07) is 0. The summed E-state index contributed by atoms with van der Waals surface area (Å²) in [5, 5.41) is 20.5. The number of epoxide rings is 1. The Labute approximate surface area is 91.1 Å². The van der Waals surface area contributed by atoms with Crippen molar-refractivity contribution in [3.05, 3.63) is 36.0 Å². The molecular formula is C10H10N2O4. The predicted octanol–water partition coefficient (Wildman–Crippen LogP) is -0.685. The maximum Gasteiger partial charge on any atom is 0.189 e. The second-order valence-electron chi connectivity index (χ2n) is 3.82. The van der Waals surface area contributed by atoms with Gasteiger partial charge in [0.1, 0.15) is 24.1 Å². The molecule has 1 fully saturated rings. The summed E-state index contributed by atoms with van der Waals surface area (Å²) in [5.74, 6) is -0.0618. The smallest absolute Gasteiger partial charge is 0.189 e. The Morgan fingerprint density at radius 1 is 1.50 bits per heavy atom. The van der Waals surface area contributed by atoms with E-state index in [1.165, 1.54) is 29.6 Å². The van der Waals surface area contributed by atoms with E-state index >= 15 is 0 Å². The minimum Gasteiger partial charge on any atom is -0.506 e. The fourth-order valence-electron chi connectivity index (χ4n) is 1.82. The Balaban J connectivity index is 1.85. The Morgan fingerprint density at radius 3 is 3.00 bits per heavy atom. The van der Waals surface area contributed by atoms with Crippen molar-refractivity contribution in [2.24, 2.45) is 0 Å². The van der Waals surface area contributed by atoms with Crippen LogP contribution in [0.3, 0.4) is 0 Å². The fraction of sp³-hybridized carbons (Fsp3) is 0.300. The Morgan fingerprint density at radius 2 is 2.31 bits per heavy atom. The molecule has 6 heteroatoms. The number of fused-ring (bicyclic) bond motifs is 1. The SMILES string of the molecule is O=C1C=C(N2C=CC(O)=CN2)C(O)C2OC12. The van der Waals surface area contributed by atoms with Crippen LogP contribution in [-0.4, -0.2) is 39.3 Å². The summed E-state index contributed by atoms with van der Waals surface area (Å²) in [4.78, 5) is 11.4. The Hall–Kier alpha value is -1.79. The molecule has 6 nitrogen and oxygen atoms in total. The molecule has 2 heterocycles. The van der Waals surface area contributed by atoms with Crippen LogP contribution in [0.1, 0.15) is 0 Å². The van der Waals surface area contributed by atoms with E-state index in [1.807, 2.05) is 0 Å². The van der Waals surface area contributed by atoms with E-state index in [4.69, 9.17) is 9.84 Å². The Bertz CT molecular complexity index is 440. The molecular weight excluding hydrogens is 212 g/mol. The first kappa shape index (κ1) is 9.44. The third-order valence-electron chi connectivity index (χ3n) is 2.73. The molecule has 0 radical (unpaired) electrons. The molecule has 3 rings (SSSR count). The predicted molar refractivity (Wildman–Crippen MR) is 52.6 cm³/mol. The van der Waals surface area contributed by atoms with Gasteiger partial charge >= 0.3 is 0 Å². The van der Waals surface area contributed by atoms with Gasteiger partial charge in [-0.25, -0.2) is 0 Å². The minimum absolute atomic E-state index is 0.0778. The van der Waals surface area contributed by atoms with E-state index < -0.39 is 18.3 Å². The van der Waals surface area contributed by atoms with Crippen LogP contribution < -0.4 is 5.43 Å². The third-order valence-corrected chi connectivity index (χ3v) is 2.73. The van der Waals surface area contributed by atoms with Gasteiger partial charge in [-0.2, -0.15) is 0 Å². The number of aliphatic hydroxyl groups excluding tert-OH is 2. The first-order chi connectivity index (χ1) is 7.66. The van der Waals surface area contributed by atoms with Crippen LogP contribution in [-0.2, 0) is 9.53 Å². The van der Waals surface area contributed by atoms with Crippen molar-refractivity contribution >= 4 is 5.78 Å². The number of hydrogen-bond donors (Lipinski definition) is 3. The van der Waals surface area contributed by atoms with Crippen LogP contribution in [0.2, 0.25) is 0 Å². The van der Waals surface area contributed by atoms with Crippen molar-refractivity contribution in [3.63, 3.8) is 0 Å². The van der Waals surface area contributed by atoms with Gasteiger partial charge in [-0.15, -0.1) is 0 Å². The second-order valence-corrected chi connectivity index (χ2v) is 3.82. The lowest BCUT2D eigenvalue weighted by Crippen LogP contribution is -2.41. The molecule has 0 aromatic carbocycles. The maximum atomic E-state index is 11.4. The van der Waals surface area contributed by atoms with E-state index in [-0.39, 0.29) is 11.5 Å². The number of hydrogen-bond acceptors (Lipinski definition) is 6. The lowest BCUT2D eigenvalue weighted by Gasteiger charge is -2.29. The molecule has 0 bridgehead atoms. The highest BCUT2D eigenvalue weighted by Crippen LogP contribution is 2.35. The average Bonchev–Trinajstić information content (AvgIpc) is 3.05. The number of ether oxygens (including phenoxy) is 1. The maximum absolute atomic E-state index is 11.4. The summed E-state index contributed by atoms with van der Waals surface area (Å²) in [6.07, 6.45) is 3.96. The van der Waals surface area contributed by atoms with E-state index in [9.17, 15) is 9.90 Å². The van der Waals surface area contributed by atoms with Crippen molar-refractivity contribution in [2.45, 2.75) is 18.3 Å². The first-order valence-corrected chi connectivity index (χ1v) is 4.88. The number of ketones is 1. The third kappa shape index (κ3) is 1.31. The van der Waals surface area contributed by atoms with E-state index in [0.717, 1.165) is 0 Å². The van der Waals surface area contributed by atoms with Crippen LogP contribution in [0.4, 0.5) is 0 Å². The van der Waals surface area contributed by atoms with Crippen molar-refractivity contribution in [3.8, 4) is 0 Å². The highest BCUT2D eigenvalue weighted by Gasteiger charge is 2.53. The molecule has 0 spiro atoms. The van der Waals surface area contributed by atoms with Crippen molar-refractivity contribution in [1.82, 2.24) is 10.4 Å². The van der Waals surface area contributed by atoms with Crippen molar-refractivity contribution in [2.75, 3.05) is 0 Å². The topological polar surface area (TPSA) is 85.3 Å². The molecule has 0 saturated carbocycles. The summed E-state index contributed by atoms with van der Waals surface area (Å²) < 4.78 is 5.05. The second kappa shape index (κ2) is 3.10. The average molecular weight is 222 g/mol. The zero-order valence-electron chi connectivity index (χ0n) is 8.20. The van der Waals surface area contributed by atoms with Crippen molar-refractivity contribution in [1.29, 1.82) is 0 Å². The summed E-state index contributed by atoms with van der Waals surface area (Å²) in [7, 11) is 0. The molecule has 1 aliphatic carbocycles. The molecule has 2 aliphatic heterocycles. The van der Waals surface area contributed by atoms with Gasteiger partial charge in [-0.1, -0.05) is 0 Å². The number of nitrogens with one attached hydrogen (secondary N) is 1. The van der Waals surface area contributed by atoms with Crippen LogP contribution >= 0.6 is 0 Å². The van der Waals surface area contributed by atoms with Gasteiger partial charge in [0.25, 0.3) is 0 Å². The molecule has 3 aliphatic rings. The molecule has 84 valence electrons. The highest BCUT2D eigenvalue weighted by atomic mass is 16.6. The number of hydrazine groups is 1. The number of carbonyl (C=O) groups excluding carboxylic acids is 1. The summed E-state index contributed by atoms with van der Waals surface area (Å²) in [6.45, 7) is 0. The van der Waals surface area contributed by atoms with Gasteiger partial charge < -0.3 is 14.9 Å². The van der Waals surface area contributed by atoms with Gasteiger partial charge in [-0.3, -0.25) is 15.2 Å². The largest absolute Gasteiger partial charge is 0.506 e. The number of aliphatic hydroxyl groups is 2. The number of rotatable bonds is 1. The Kier molecular flexibility index (Phi) is 1.83. The molecule has 3 N–H and O–H groups in total.